The summed E-state index contributed by atoms with van der Waals surface area (Å²) in [4.78, 5) is 2.46. The lowest BCUT2D eigenvalue weighted by Crippen LogP contribution is -2.44. The number of nitrogens with one attached hydrogen (secondary N) is 1. The predicted octanol–water partition coefficient (Wildman–Crippen LogP) is 2.17. The minimum atomic E-state index is -3.66. The van der Waals surface area contributed by atoms with Crippen LogP contribution in [0.1, 0.15) is 18.4 Å². The van der Waals surface area contributed by atoms with Crippen LogP contribution in [-0.4, -0.2) is 42.8 Å². The van der Waals surface area contributed by atoms with Crippen molar-refractivity contribution in [3.8, 4) is 0 Å². The second-order valence-electron chi connectivity index (χ2n) is 6.55. The topological polar surface area (TPSA) is 88.3 Å². The van der Waals surface area contributed by atoms with Gasteiger partial charge in [0, 0.05) is 25.7 Å². The highest BCUT2D eigenvalue weighted by atomic mass is 32.2. The maximum absolute atomic E-state index is 12.8. The third kappa shape index (κ3) is 3.62. The first kappa shape index (κ1) is 17.1. The summed E-state index contributed by atoms with van der Waals surface area (Å²) in [6.07, 6.45) is 1.55. The number of piperidine rings is 1. The van der Waals surface area contributed by atoms with E-state index < -0.39 is 10.0 Å². The third-order valence-corrected chi connectivity index (χ3v) is 6.25. The fourth-order valence-corrected chi connectivity index (χ4v) is 4.79. The van der Waals surface area contributed by atoms with Crippen LogP contribution in [0.4, 0.5) is 0 Å². The zero-order chi connectivity index (χ0) is 18.0. The lowest BCUT2D eigenvalue weighted by atomic mass is 10.1. The van der Waals surface area contributed by atoms with Crippen LogP contribution in [0, 0.1) is 0 Å². The molecule has 0 amide bonds. The summed E-state index contributed by atoms with van der Waals surface area (Å²) in [6, 6.07) is 15.1. The maximum atomic E-state index is 12.8. The molecule has 7 nitrogen and oxygen atoms in total. The standard InChI is InChI=1S/C18H20N4O3S/c23-26(24,17-8-4-7-16-18(17)20-25-19-16)21-15-9-11-22(12-10-15)13-14-5-2-1-3-6-14/h1-8,15,21H,9-13H2. The fraction of sp³-hybridized carbons (Fsp3) is 0.333. The smallest absolute Gasteiger partial charge is 0.243 e. The van der Waals surface area contributed by atoms with E-state index in [4.69, 9.17) is 0 Å². The Morgan fingerprint density at radius 2 is 1.81 bits per heavy atom. The van der Waals surface area contributed by atoms with E-state index >= 15 is 0 Å². The van der Waals surface area contributed by atoms with Crippen molar-refractivity contribution in [3.63, 3.8) is 0 Å². The van der Waals surface area contributed by atoms with Crippen LogP contribution in [-0.2, 0) is 16.6 Å². The molecule has 26 heavy (non-hydrogen) atoms. The van der Waals surface area contributed by atoms with Crippen molar-refractivity contribution in [2.75, 3.05) is 13.1 Å². The predicted molar refractivity (Wildman–Crippen MR) is 96.9 cm³/mol. The normalized spacial score (nSPS) is 16.9. The van der Waals surface area contributed by atoms with Crippen molar-refractivity contribution in [2.45, 2.75) is 30.3 Å². The lowest BCUT2D eigenvalue weighted by molar-refractivity contribution is 0.200. The van der Waals surface area contributed by atoms with Gasteiger partial charge in [-0.3, -0.25) is 4.90 Å². The first-order chi connectivity index (χ1) is 12.6. The molecular weight excluding hydrogens is 352 g/mol. The SMILES string of the molecule is O=S(=O)(NC1CCN(Cc2ccccc2)CC1)c1cccc2nonc12. The van der Waals surface area contributed by atoms with Gasteiger partial charge in [0.05, 0.1) is 0 Å². The molecule has 2 heterocycles. The summed E-state index contributed by atoms with van der Waals surface area (Å²) in [5, 5.41) is 7.43. The monoisotopic (exact) mass is 372 g/mol. The van der Waals surface area contributed by atoms with Gasteiger partial charge in [-0.1, -0.05) is 36.4 Å². The van der Waals surface area contributed by atoms with E-state index in [1.807, 2.05) is 18.2 Å². The summed E-state index contributed by atoms with van der Waals surface area (Å²) < 4.78 is 33.0. The average Bonchev–Trinajstić information content (AvgIpc) is 3.12. The van der Waals surface area contributed by atoms with E-state index in [0.717, 1.165) is 32.5 Å². The van der Waals surface area contributed by atoms with E-state index in [-0.39, 0.29) is 16.5 Å². The first-order valence-corrected chi connectivity index (χ1v) is 10.1. The van der Waals surface area contributed by atoms with Crippen LogP contribution in [0.3, 0.4) is 0 Å². The zero-order valence-electron chi connectivity index (χ0n) is 14.2. The van der Waals surface area contributed by atoms with Crippen molar-refractivity contribution in [2.24, 2.45) is 0 Å². The molecule has 0 bridgehead atoms. The van der Waals surface area contributed by atoms with Gasteiger partial charge < -0.3 is 0 Å². The molecule has 0 aliphatic carbocycles. The number of fused-ring (bicyclic) bond motifs is 1. The van der Waals surface area contributed by atoms with Gasteiger partial charge >= 0.3 is 0 Å². The van der Waals surface area contributed by atoms with Crippen LogP contribution in [0.5, 0.6) is 0 Å². The highest BCUT2D eigenvalue weighted by molar-refractivity contribution is 7.89. The lowest BCUT2D eigenvalue weighted by Gasteiger charge is -2.32. The molecule has 8 heteroatoms. The average molecular weight is 372 g/mol. The molecule has 1 aliphatic heterocycles. The van der Waals surface area contributed by atoms with E-state index in [9.17, 15) is 8.42 Å². The number of sulfonamides is 1. The molecule has 1 fully saturated rings. The Balaban J connectivity index is 1.40. The van der Waals surface area contributed by atoms with E-state index in [2.05, 4.69) is 36.7 Å². The van der Waals surface area contributed by atoms with Gasteiger partial charge in [0.15, 0.2) is 5.52 Å². The van der Waals surface area contributed by atoms with Crippen LogP contribution in [0.15, 0.2) is 58.1 Å². The molecule has 0 radical (unpaired) electrons. The molecule has 0 saturated carbocycles. The molecule has 4 rings (SSSR count). The number of aromatic nitrogens is 2. The Bertz CT molecular complexity index is 980. The Labute approximate surface area is 152 Å². The summed E-state index contributed by atoms with van der Waals surface area (Å²) in [5.41, 5.74) is 1.98. The molecule has 0 atom stereocenters. The maximum Gasteiger partial charge on any atom is 0.243 e. The largest absolute Gasteiger partial charge is 0.299 e. The number of likely N-dealkylation sites (tertiary alicyclic amines) is 1. The van der Waals surface area contributed by atoms with Crippen LogP contribution < -0.4 is 4.72 Å². The minimum absolute atomic E-state index is 0.0814. The fourth-order valence-electron chi connectivity index (χ4n) is 3.33. The molecule has 1 aliphatic rings. The first-order valence-electron chi connectivity index (χ1n) is 8.62. The zero-order valence-corrected chi connectivity index (χ0v) is 15.0. The Morgan fingerprint density at radius 1 is 1.04 bits per heavy atom. The van der Waals surface area contributed by atoms with Crippen molar-refractivity contribution >= 4 is 21.1 Å². The molecule has 1 saturated heterocycles. The summed E-state index contributed by atoms with van der Waals surface area (Å²) >= 11 is 0. The summed E-state index contributed by atoms with van der Waals surface area (Å²) in [7, 11) is -3.66. The van der Waals surface area contributed by atoms with Gasteiger partial charge in [-0.2, -0.15) is 0 Å². The second kappa shape index (κ2) is 7.14. The van der Waals surface area contributed by atoms with Gasteiger partial charge in [-0.15, -0.1) is 0 Å². The van der Waals surface area contributed by atoms with E-state index in [1.54, 1.807) is 12.1 Å². The van der Waals surface area contributed by atoms with Crippen molar-refractivity contribution in [1.29, 1.82) is 0 Å². The van der Waals surface area contributed by atoms with E-state index in [1.165, 1.54) is 11.6 Å². The van der Waals surface area contributed by atoms with Crippen LogP contribution in [0.2, 0.25) is 0 Å². The molecule has 3 aromatic rings. The van der Waals surface area contributed by atoms with Crippen LogP contribution in [0.25, 0.3) is 11.0 Å². The Morgan fingerprint density at radius 3 is 2.58 bits per heavy atom. The van der Waals surface area contributed by atoms with E-state index in [0.29, 0.717) is 5.52 Å². The number of hydrogen-bond acceptors (Lipinski definition) is 6. The molecule has 1 N–H and O–H groups in total. The summed E-state index contributed by atoms with van der Waals surface area (Å²) in [6.45, 7) is 2.61. The number of benzene rings is 2. The molecular formula is C18H20N4O3S. The number of rotatable bonds is 5. The van der Waals surface area contributed by atoms with Crippen LogP contribution >= 0.6 is 0 Å². The van der Waals surface area contributed by atoms with Crippen molar-refractivity contribution in [3.05, 3.63) is 54.1 Å². The van der Waals surface area contributed by atoms with Crippen molar-refractivity contribution < 1.29 is 13.0 Å². The highest BCUT2D eigenvalue weighted by Gasteiger charge is 2.26. The quantitative estimate of drug-likeness (QED) is 0.738. The highest BCUT2D eigenvalue weighted by Crippen LogP contribution is 2.21. The Hall–Kier alpha value is -2.29. The van der Waals surface area contributed by atoms with Gasteiger partial charge in [0.1, 0.15) is 10.4 Å². The third-order valence-electron chi connectivity index (χ3n) is 4.70. The van der Waals surface area contributed by atoms with Gasteiger partial charge in [-0.05, 0) is 40.9 Å². The molecule has 2 aromatic carbocycles. The molecule has 0 spiro atoms. The summed E-state index contributed by atoms with van der Waals surface area (Å²) in [5.74, 6) is 0. The van der Waals surface area contributed by atoms with Crippen molar-refractivity contribution in [1.82, 2.24) is 19.9 Å². The number of hydrogen-bond donors (Lipinski definition) is 1. The van der Waals surface area contributed by atoms with Gasteiger partial charge in [0.25, 0.3) is 0 Å². The number of nitrogens with zero attached hydrogens (tertiary/aromatic N) is 3. The second-order valence-corrected chi connectivity index (χ2v) is 8.23. The van der Waals surface area contributed by atoms with Gasteiger partial charge in [-0.25, -0.2) is 17.8 Å². The Kier molecular flexibility index (Phi) is 4.71. The molecule has 1 aromatic heterocycles. The molecule has 136 valence electrons. The van der Waals surface area contributed by atoms with Gasteiger partial charge in [0.2, 0.25) is 10.0 Å². The minimum Gasteiger partial charge on any atom is -0.299 e. The molecule has 0 unspecified atom stereocenters.